The van der Waals surface area contributed by atoms with E-state index in [1.165, 1.54) is 13.2 Å². The van der Waals surface area contributed by atoms with Gasteiger partial charge in [-0.15, -0.1) is 0 Å². The molecule has 128 valence electrons. The fourth-order valence-corrected chi connectivity index (χ4v) is 2.22. The Hall–Kier alpha value is -2.48. The van der Waals surface area contributed by atoms with Gasteiger partial charge in [-0.25, -0.2) is 0 Å². The molecule has 0 fully saturated rings. The summed E-state index contributed by atoms with van der Waals surface area (Å²) in [6, 6.07) is 8.15. The molecule has 2 amide bonds. The van der Waals surface area contributed by atoms with Crippen molar-refractivity contribution in [1.29, 1.82) is 0 Å². The summed E-state index contributed by atoms with van der Waals surface area (Å²) in [6.45, 7) is 2.19. The zero-order chi connectivity index (χ0) is 17.5. The van der Waals surface area contributed by atoms with Crippen molar-refractivity contribution in [3.05, 3.63) is 40.8 Å². The lowest BCUT2D eigenvalue weighted by atomic mass is 10.2. The average molecular weight is 397 g/mol. The highest BCUT2D eigenvalue weighted by Crippen LogP contribution is 2.30. The minimum absolute atomic E-state index is 0.123. The summed E-state index contributed by atoms with van der Waals surface area (Å²) in [4.78, 5) is 23.7. The van der Waals surface area contributed by atoms with E-state index in [0.717, 1.165) is 0 Å². The second kappa shape index (κ2) is 8.39. The molecule has 7 nitrogen and oxygen atoms in total. The van der Waals surface area contributed by atoms with Gasteiger partial charge in [0.2, 0.25) is 5.91 Å². The number of halogens is 1. The second-order valence-electron chi connectivity index (χ2n) is 4.63. The van der Waals surface area contributed by atoms with Gasteiger partial charge < -0.3 is 24.5 Å². The molecule has 24 heavy (non-hydrogen) atoms. The minimum Gasteiger partial charge on any atom is -0.493 e. The van der Waals surface area contributed by atoms with Crippen LogP contribution in [0.3, 0.4) is 0 Å². The number of furan rings is 1. The number of ether oxygens (including phenoxy) is 2. The number of methoxy groups -OCH3 is 1. The third-order valence-electron chi connectivity index (χ3n) is 2.95. The smallest absolute Gasteiger partial charge is 0.287 e. The molecule has 2 N–H and O–H groups in total. The largest absolute Gasteiger partial charge is 0.493 e. The van der Waals surface area contributed by atoms with Crippen molar-refractivity contribution in [2.75, 3.05) is 25.6 Å². The normalized spacial score (nSPS) is 10.1. The lowest BCUT2D eigenvalue weighted by Gasteiger charge is -2.12. The Bertz CT molecular complexity index is 729. The highest BCUT2D eigenvalue weighted by molar-refractivity contribution is 9.10. The number of carbonyl (C=O) groups is 2. The molecule has 1 heterocycles. The minimum atomic E-state index is -0.472. The molecule has 0 spiro atoms. The quantitative estimate of drug-likeness (QED) is 0.750. The summed E-state index contributed by atoms with van der Waals surface area (Å²) in [5.74, 6) is 0.381. The van der Waals surface area contributed by atoms with Crippen LogP contribution in [0, 0.1) is 0 Å². The van der Waals surface area contributed by atoms with E-state index >= 15 is 0 Å². The summed E-state index contributed by atoms with van der Waals surface area (Å²) in [5, 5.41) is 5.14. The fraction of sp³-hybridized carbons (Fsp3) is 0.250. The first kappa shape index (κ1) is 17.9. The van der Waals surface area contributed by atoms with E-state index in [4.69, 9.17) is 13.9 Å². The third-order valence-corrected chi connectivity index (χ3v) is 3.38. The molecule has 0 aliphatic heterocycles. The molecule has 0 unspecified atom stereocenters. The van der Waals surface area contributed by atoms with Crippen molar-refractivity contribution in [2.24, 2.45) is 0 Å². The van der Waals surface area contributed by atoms with Crippen LogP contribution in [0.25, 0.3) is 0 Å². The molecule has 0 aliphatic carbocycles. The third kappa shape index (κ3) is 4.76. The van der Waals surface area contributed by atoms with Crippen molar-refractivity contribution in [2.45, 2.75) is 6.92 Å². The molecule has 0 atom stereocenters. The van der Waals surface area contributed by atoms with Gasteiger partial charge in [-0.1, -0.05) is 0 Å². The maximum atomic E-state index is 11.9. The standard InChI is InChI=1S/C16H17BrN2O5/c1-3-23-11-5-4-10(8-13(11)22-2)19-15(20)9-18-16(21)12-6-7-14(17)24-12/h4-8H,3,9H2,1-2H3,(H,18,21)(H,19,20). The van der Waals surface area contributed by atoms with Crippen molar-refractivity contribution in [1.82, 2.24) is 5.32 Å². The van der Waals surface area contributed by atoms with Gasteiger partial charge in [0.15, 0.2) is 21.9 Å². The monoisotopic (exact) mass is 396 g/mol. The van der Waals surface area contributed by atoms with Crippen LogP contribution < -0.4 is 20.1 Å². The summed E-state index contributed by atoms with van der Waals surface area (Å²) in [7, 11) is 1.52. The fourth-order valence-electron chi connectivity index (χ4n) is 1.91. The van der Waals surface area contributed by atoms with Gasteiger partial charge in [-0.3, -0.25) is 9.59 Å². The molecule has 1 aromatic carbocycles. The van der Waals surface area contributed by atoms with E-state index in [1.54, 1.807) is 24.3 Å². The Labute approximate surface area is 147 Å². The first-order valence-corrected chi connectivity index (χ1v) is 7.97. The molecule has 0 saturated carbocycles. The number of hydrogen-bond acceptors (Lipinski definition) is 5. The number of carbonyl (C=O) groups excluding carboxylic acids is 2. The van der Waals surface area contributed by atoms with Crippen molar-refractivity contribution < 1.29 is 23.5 Å². The molecule has 8 heteroatoms. The Kier molecular flexibility index (Phi) is 6.25. The topological polar surface area (TPSA) is 89.8 Å². The van der Waals surface area contributed by atoms with Gasteiger partial charge in [0.1, 0.15) is 0 Å². The zero-order valence-electron chi connectivity index (χ0n) is 13.2. The van der Waals surface area contributed by atoms with Gasteiger partial charge in [-0.05, 0) is 47.1 Å². The van der Waals surface area contributed by atoms with E-state index in [9.17, 15) is 9.59 Å². The Morgan fingerprint density at radius 1 is 1.21 bits per heavy atom. The molecular weight excluding hydrogens is 380 g/mol. The summed E-state index contributed by atoms with van der Waals surface area (Å²) >= 11 is 3.11. The van der Waals surface area contributed by atoms with Gasteiger partial charge in [0, 0.05) is 11.8 Å². The van der Waals surface area contributed by atoms with Gasteiger partial charge in [0.05, 0.1) is 20.3 Å². The molecular formula is C16H17BrN2O5. The van der Waals surface area contributed by atoms with Gasteiger partial charge in [0.25, 0.3) is 5.91 Å². The Balaban J connectivity index is 1.91. The van der Waals surface area contributed by atoms with Crippen LogP contribution in [-0.4, -0.2) is 32.1 Å². The number of amides is 2. The van der Waals surface area contributed by atoms with E-state index < -0.39 is 5.91 Å². The highest BCUT2D eigenvalue weighted by atomic mass is 79.9. The molecule has 0 bridgehead atoms. The predicted molar refractivity (Wildman–Crippen MR) is 91.5 cm³/mol. The van der Waals surface area contributed by atoms with Gasteiger partial charge in [-0.2, -0.15) is 0 Å². The Morgan fingerprint density at radius 2 is 2.00 bits per heavy atom. The van der Waals surface area contributed by atoms with Crippen LogP contribution in [0.4, 0.5) is 5.69 Å². The van der Waals surface area contributed by atoms with Crippen molar-refractivity contribution >= 4 is 33.4 Å². The zero-order valence-corrected chi connectivity index (χ0v) is 14.8. The molecule has 1 aromatic heterocycles. The van der Waals surface area contributed by atoms with Crippen molar-refractivity contribution in [3.63, 3.8) is 0 Å². The first-order valence-electron chi connectivity index (χ1n) is 7.17. The van der Waals surface area contributed by atoms with Crippen LogP contribution in [-0.2, 0) is 4.79 Å². The lowest BCUT2D eigenvalue weighted by Crippen LogP contribution is -2.32. The lowest BCUT2D eigenvalue weighted by molar-refractivity contribution is -0.115. The predicted octanol–water partition coefficient (Wildman–Crippen LogP) is 2.82. The summed E-state index contributed by atoms with van der Waals surface area (Å²) in [6.07, 6.45) is 0. The van der Waals surface area contributed by atoms with Crippen LogP contribution >= 0.6 is 15.9 Å². The maximum Gasteiger partial charge on any atom is 0.287 e. The average Bonchev–Trinajstić information content (AvgIpc) is 3.00. The molecule has 0 radical (unpaired) electrons. The highest BCUT2D eigenvalue weighted by Gasteiger charge is 2.12. The molecule has 2 aromatic rings. The number of anilines is 1. The van der Waals surface area contributed by atoms with Crippen LogP contribution in [0.15, 0.2) is 39.4 Å². The number of benzene rings is 1. The number of nitrogens with one attached hydrogen (secondary N) is 2. The number of rotatable bonds is 7. The summed E-state index contributed by atoms with van der Waals surface area (Å²) in [5.41, 5.74) is 0.537. The molecule has 0 aliphatic rings. The Morgan fingerprint density at radius 3 is 2.62 bits per heavy atom. The van der Waals surface area contributed by atoms with E-state index in [0.29, 0.717) is 28.5 Å². The number of hydrogen-bond donors (Lipinski definition) is 2. The molecule has 0 saturated heterocycles. The van der Waals surface area contributed by atoms with Crippen LogP contribution in [0.2, 0.25) is 0 Å². The summed E-state index contributed by atoms with van der Waals surface area (Å²) < 4.78 is 16.2. The van der Waals surface area contributed by atoms with Gasteiger partial charge >= 0.3 is 0 Å². The maximum absolute atomic E-state index is 11.9. The van der Waals surface area contributed by atoms with Crippen LogP contribution in [0.5, 0.6) is 11.5 Å². The van der Waals surface area contributed by atoms with E-state index in [1.807, 2.05) is 6.92 Å². The second-order valence-corrected chi connectivity index (χ2v) is 5.41. The SMILES string of the molecule is CCOc1ccc(NC(=O)CNC(=O)c2ccc(Br)o2)cc1OC. The van der Waals surface area contributed by atoms with E-state index in [-0.39, 0.29) is 18.2 Å². The van der Waals surface area contributed by atoms with Crippen LogP contribution in [0.1, 0.15) is 17.5 Å². The first-order chi connectivity index (χ1) is 11.5. The molecule has 2 rings (SSSR count). The van der Waals surface area contributed by atoms with Crippen molar-refractivity contribution in [3.8, 4) is 11.5 Å². The van der Waals surface area contributed by atoms with E-state index in [2.05, 4.69) is 26.6 Å².